The van der Waals surface area contributed by atoms with E-state index < -0.39 is 17.9 Å². The number of hydrogen-bond acceptors (Lipinski definition) is 4. The molecule has 0 saturated carbocycles. The molecule has 3 rings (SSSR count). The number of methoxy groups -OCH3 is 1. The second-order valence-corrected chi connectivity index (χ2v) is 6.49. The zero-order valence-electron chi connectivity index (χ0n) is 14.2. The van der Waals surface area contributed by atoms with Crippen molar-refractivity contribution in [3.05, 3.63) is 65.0 Å². The number of hydrogen-bond donors (Lipinski definition) is 1. The quantitative estimate of drug-likeness (QED) is 0.648. The topological polar surface area (TPSA) is 78.2 Å². The van der Waals surface area contributed by atoms with Crippen LogP contribution < -0.4 is 5.32 Å². The number of ether oxygens (including phenoxy) is 1. The number of esters is 1. The highest BCUT2D eigenvalue weighted by Gasteiger charge is 2.23. The first-order chi connectivity index (χ1) is 12.5. The highest BCUT2D eigenvalue weighted by Crippen LogP contribution is 2.21. The summed E-state index contributed by atoms with van der Waals surface area (Å²) in [6.45, 7) is 1.57. The van der Waals surface area contributed by atoms with Crippen LogP contribution >= 0.6 is 15.9 Å². The van der Waals surface area contributed by atoms with E-state index in [1.807, 2.05) is 48.8 Å². The molecule has 0 aliphatic rings. The van der Waals surface area contributed by atoms with E-state index in [4.69, 9.17) is 0 Å². The number of amides is 1. The third-order valence-corrected chi connectivity index (χ3v) is 4.34. The Bertz CT molecular complexity index is 917. The van der Waals surface area contributed by atoms with Crippen molar-refractivity contribution < 1.29 is 14.3 Å². The van der Waals surface area contributed by atoms with Crippen LogP contribution in [0.15, 0.2) is 59.5 Å². The smallest absolute Gasteiger partial charge is 0.328 e. The zero-order valence-corrected chi connectivity index (χ0v) is 15.8. The summed E-state index contributed by atoms with van der Waals surface area (Å²) in [5, 5.41) is 7.00. The van der Waals surface area contributed by atoms with Crippen molar-refractivity contribution >= 4 is 27.8 Å². The third kappa shape index (κ3) is 3.55. The molecule has 0 aliphatic carbocycles. The first-order valence-electron chi connectivity index (χ1n) is 7.87. The van der Waals surface area contributed by atoms with E-state index in [1.165, 1.54) is 13.3 Å². The standard InChI is InChI=1S/C18H17BrN4O3/c1-12(18(25)26-2)21-16(24)15-11-20-23(14-7-5-13(19)6-8-14)17(15)22-9-3-4-10-22/h3-12H,1-2H3,(H,21,24). The van der Waals surface area contributed by atoms with Crippen LogP contribution in [-0.4, -0.2) is 39.4 Å². The second kappa shape index (κ2) is 7.57. The molecular formula is C18H17BrN4O3. The van der Waals surface area contributed by atoms with Crippen LogP contribution in [0.2, 0.25) is 0 Å². The summed E-state index contributed by atoms with van der Waals surface area (Å²) >= 11 is 3.41. The molecule has 1 amide bonds. The lowest BCUT2D eigenvalue weighted by Crippen LogP contribution is -2.39. The largest absolute Gasteiger partial charge is 0.467 e. The molecule has 26 heavy (non-hydrogen) atoms. The number of carbonyl (C=O) groups excluding carboxylic acids is 2. The van der Waals surface area contributed by atoms with Gasteiger partial charge in [-0.2, -0.15) is 5.10 Å². The Labute approximate surface area is 158 Å². The van der Waals surface area contributed by atoms with Gasteiger partial charge in [0.25, 0.3) is 5.91 Å². The van der Waals surface area contributed by atoms with Crippen molar-refractivity contribution in [2.45, 2.75) is 13.0 Å². The molecule has 0 aliphatic heterocycles. The Hall–Kier alpha value is -2.87. The fourth-order valence-corrected chi connectivity index (χ4v) is 2.77. The minimum Gasteiger partial charge on any atom is -0.467 e. The van der Waals surface area contributed by atoms with Crippen molar-refractivity contribution in [3.8, 4) is 11.5 Å². The summed E-state index contributed by atoms with van der Waals surface area (Å²) in [5.74, 6) is -0.344. The summed E-state index contributed by atoms with van der Waals surface area (Å²) in [6, 6.07) is 10.5. The molecule has 0 radical (unpaired) electrons. The number of halogens is 1. The van der Waals surface area contributed by atoms with Crippen molar-refractivity contribution in [1.82, 2.24) is 19.7 Å². The number of nitrogens with zero attached hydrogens (tertiary/aromatic N) is 3. The van der Waals surface area contributed by atoms with Gasteiger partial charge in [0.2, 0.25) is 0 Å². The average Bonchev–Trinajstić information content (AvgIpc) is 3.30. The van der Waals surface area contributed by atoms with Gasteiger partial charge in [-0.3, -0.25) is 4.79 Å². The van der Waals surface area contributed by atoms with Crippen LogP contribution in [0.4, 0.5) is 0 Å². The van der Waals surface area contributed by atoms with E-state index in [9.17, 15) is 9.59 Å². The number of nitrogens with one attached hydrogen (secondary N) is 1. The van der Waals surface area contributed by atoms with E-state index in [-0.39, 0.29) is 0 Å². The van der Waals surface area contributed by atoms with Gasteiger partial charge in [0.1, 0.15) is 11.6 Å². The Balaban J connectivity index is 2.02. The lowest BCUT2D eigenvalue weighted by Gasteiger charge is -2.13. The fraction of sp³-hybridized carbons (Fsp3) is 0.167. The third-order valence-electron chi connectivity index (χ3n) is 3.81. The molecule has 134 valence electrons. The monoisotopic (exact) mass is 416 g/mol. The molecule has 7 nitrogen and oxygen atoms in total. The van der Waals surface area contributed by atoms with E-state index >= 15 is 0 Å². The fourth-order valence-electron chi connectivity index (χ4n) is 2.51. The lowest BCUT2D eigenvalue weighted by atomic mass is 10.2. The summed E-state index contributed by atoms with van der Waals surface area (Å²) in [5.41, 5.74) is 1.15. The molecule has 0 bridgehead atoms. The van der Waals surface area contributed by atoms with E-state index in [0.717, 1.165) is 10.2 Å². The molecule has 8 heteroatoms. The Morgan fingerprint density at radius 2 is 1.85 bits per heavy atom. The molecule has 0 spiro atoms. The molecule has 1 atom stereocenters. The van der Waals surface area contributed by atoms with Crippen molar-refractivity contribution in [2.75, 3.05) is 7.11 Å². The van der Waals surface area contributed by atoms with Crippen molar-refractivity contribution in [3.63, 3.8) is 0 Å². The van der Waals surface area contributed by atoms with Crippen LogP contribution in [0.3, 0.4) is 0 Å². The average molecular weight is 417 g/mol. The molecule has 1 N–H and O–H groups in total. The van der Waals surface area contributed by atoms with Crippen molar-refractivity contribution in [2.24, 2.45) is 0 Å². The number of aromatic nitrogens is 3. The highest BCUT2D eigenvalue weighted by molar-refractivity contribution is 9.10. The van der Waals surface area contributed by atoms with Gasteiger partial charge in [-0.15, -0.1) is 0 Å². The van der Waals surface area contributed by atoms with Gasteiger partial charge in [0, 0.05) is 16.9 Å². The summed E-state index contributed by atoms with van der Waals surface area (Å²) in [6.07, 6.45) is 5.14. The maximum atomic E-state index is 12.7. The van der Waals surface area contributed by atoms with Gasteiger partial charge < -0.3 is 14.6 Å². The van der Waals surface area contributed by atoms with Crippen LogP contribution in [0.1, 0.15) is 17.3 Å². The molecule has 2 aromatic heterocycles. The molecule has 0 saturated heterocycles. The Kier molecular flexibility index (Phi) is 5.22. The maximum absolute atomic E-state index is 12.7. The van der Waals surface area contributed by atoms with Crippen LogP contribution in [0, 0.1) is 0 Å². The lowest BCUT2D eigenvalue weighted by molar-refractivity contribution is -0.142. The van der Waals surface area contributed by atoms with Gasteiger partial charge in [-0.1, -0.05) is 15.9 Å². The second-order valence-electron chi connectivity index (χ2n) is 5.58. The number of rotatable bonds is 5. The molecule has 3 aromatic rings. The summed E-state index contributed by atoms with van der Waals surface area (Å²) < 4.78 is 9.07. The van der Waals surface area contributed by atoms with Gasteiger partial charge >= 0.3 is 5.97 Å². The maximum Gasteiger partial charge on any atom is 0.328 e. The molecule has 0 fully saturated rings. The zero-order chi connectivity index (χ0) is 18.7. The highest BCUT2D eigenvalue weighted by atomic mass is 79.9. The normalized spacial score (nSPS) is 11.8. The Morgan fingerprint density at radius 1 is 1.19 bits per heavy atom. The van der Waals surface area contributed by atoms with Crippen LogP contribution in [-0.2, 0) is 9.53 Å². The van der Waals surface area contributed by atoms with Crippen LogP contribution in [0.5, 0.6) is 0 Å². The van der Waals surface area contributed by atoms with E-state index in [2.05, 4.69) is 31.1 Å². The minimum atomic E-state index is -0.763. The first-order valence-corrected chi connectivity index (χ1v) is 8.66. The van der Waals surface area contributed by atoms with E-state index in [1.54, 1.807) is 16.2 Å². The summed E-state index contributed by atoms with van der Waals surface area (Å²) in [4.78, 5) is 24.3. The Morgan fingerprint density at radius 3 is 2.46 bits per heavy atom. The molecule has 1 aromatic carbocycles. The minimum absolute atomic E-state index is 0.347. The van der Waals surface area contributed by atoms with E-state index in [0.29, 0.717) is 11.4 Å². The van der Waals surface area contributed by atoms with Gasteiger partial charge in [-0.25, -0.2) is 9.48 Å². The van der Waals surface area contributed by atoms with Gasteiger partial charge in [0.15, 0.2) is 5.82 Å². The van der Waals surface area contributed by atoms with Gasteiger partial charge in [0.05, 0.1) is 19.0 Å². The number of carbonyl (C=O) groups is 2. The molecular weight excluding hydrogens is 400 g/mol. The molecule has 2 heterocycles. The van der Waals surface area contributed by atoms with Crippen LogP contribution in [0.25, 0.3) is 11.5 Å². The van der Waals surface area contributed by atoms with Crippen molar-refractivity contribution in [1.29, 1.82) is 0 Å². The molecule has 1 unspecified atom stereocenters. The predicted molar refractivity (Wildman–Crippen MR) is 99.5 cm³/mol. The number of benzene rings is 1. The first kappa shape index (κ1) is 17.9. The summed E-state index contributed by atoms with van der Waals surface area (Å²) in [7, 11) is 1.28. The predicted octanol–water partition coefficient (Wildman–Crippen LogP) is 2.72. The SMILES string of the molecule is COC(=O)C(C)NC(=O)c1cnn(-c2ccc(Br)cc2)c1-n1cccc1. The van der Waals surface area contributed by atoms with Gasteiger partial charge in [-0.05, 0) is 43.3 Å².